The number of hydrogen-bond donors (Lipinski definition) is 1. The van der Waals surface area contributed by atoms with Crippen molar-refractivity contribution in [3.05, 3.63) is 35.2 Å². The monoisotopic (exact) mass is 277 g/mol. The molecule has 0 radical (unpaired) electrons. The molecule has 2 aromatic rings. The summed E-state index contributed by atoms with van der Waals surface area (Å²) in [7, 11) is 0. The topological polar surface area (TPSA) is 21.3 Å². The summed E-state index contributed by atoms with van der Waals surface area (Å²) in [5.74, 6) is 0.727. The molecule has 2 rings (SSSR count). The van der Waals surface area contributed by atoms with E-state index >= 15 is 0 Å². The molecular weight excluding hydrogens is 254 g/mol. The van der Waals surface area contributed by atoms with Crippen molar-refractivity contribution in [3.8, 4) is 0 Å². The van der Waals surface area contributed by atoms with Crippen LogP contribution in [0.5, 0.6) is 0 Å². The number of fused-ring (bicyclic) bond motifs is 1. The maximum absolute atomic E-state index is 5.59. The Morgan fingerprint density at radius 1 is 1.21 bits per heavy atom. The fraction of sp³-hybridized carbons (Fsp3) is 0.500. The summed E-state index contributed by atoms with van der Waals surface area (Å²) in [5.41, 5.74) is 1.39. The molecule has 0 bridgehead atoms. The molecular formula is C16H23NOS. The Hall–Kier alpha value is -0.900. The highest BCUT2D eigenvalue weighted by atomic mass is 32.1. The molecule has 0 saturated heterocycles. The van der Waals surface area contributed by atoms with Crippen molar-refractivity contribution >= 4 is 21.4 Å². The van der Waals surface area contributed by atoms with E-state index in [-0.39, 0.29) is 0 Å². The lowest BCUT2D eigenvalue weighted by Crippen LogP contribution is -2.19. The second-order valence-corrected chi connectivity index (χ2v) is 6.14. The van der Waals surface area contributed by atoms with E-state index in [0.29, 0.717) is 0 Å². The predicted molar refractivity (Wildman–Crippen MR) is 83.8 cm³/mol. The van der Waals surface area contributed by atoms with Gasteiger partial charge in [-0.25, -0.2) is 0 Å². The largest absolute Gasteiger partial charge is 0.380 e. The Balaban J connectivity index is 1.66. The zero-order chi connectivity index (χ0) is 13.5. The van der Waals surface area contributed by atoms with Crippen LogP contribution in [0.25, 0.3) is 10.1 Å². The van der Waals surface area contributed by atoms with Crippen LogP contribution in [-0.4, -0.2) is 19.8 Å². The van der Waals surface area contributed by atoms with E-state index in [9.17, 15) is 0 Å². The van der Waals surface area contributed by atoms with Crippen LogP contribution >= 0.6 is 11.3 Å². The number of ether oxygens (including phenoxy) is 1. The molecule has 0 fully saturated rings. The first-order valence-corrected chi connectivity index (χ1v) is 7.89. The first kappa shape index (κ1) is 14.5. The molecule has 1 N–H and O–H groups in total. The van der Waals surface area contributed by atoms with Gasteiger partial charge in [-0.2, -0.15) is 0 Å². The summed E-state index contributed by atoms with van der Waals surface area (Å²) in [4.78, 5) is 0. The quantitative estimate of drug-likeness (QED) is 0.735. The van der Waals surface area contributed by atoms with E-state index in [4.69, 9.17) is 4.74 Å². The van der Waals surface area contributed by atoms with Crippen molar-refractivity contribution in [1.82, 2.24) is 5.32 Å². The van der Waals surface area contributed by atoms with Gasteiger partial charge in [0.05, 0.1) is 6.61 Å². The van der Waals surface area contributed by atoms with Crippen molar-refractivity contribution in [2.75, 3.05) is 19.8 Å². The van der Waals surface area contributed by atoms with Crippen molar-refractivity contribution in [2.24, 2.45) is 5.92 Å². The summed E-state index contributed by atoms with van der Waals surface area (Å²) >= 11 is 1.82. The summed E-state index contributed by atoms with van der Waals surface area (Å²) in [6, 6.07) is 8.58. The summed E-state index contributed by atoms with van der Waals surface area (Å²) in [5, 5.41) is 7.07. The van der Waals surface area contributed by atoms with Crippen molar-refractivity contribution in [1.29, 1.82) is 0 Å². The predicted octanol–water partition coefficient (Wildman–Crippen LogP) is 4.05. The third-order valence-electron chi connectivity index (χ3n) is 3.14. The second kappa shape index (κ2) is 7.63. The Morgan fingerprint density at radius 2 is 2.05 bits per heavy atom. The van der Waals surface area contributed by atoms with E-state index in [1.807, 2.05) is 11.3 Å². The van der Waals surface area contributed by atoms with Crippen LogP contribution < -0.4 is 5.32 Å². The fourth-order valence-corrected chi connectivity index (χ4v) is 2.92. The van der Waals surface area contributed by atoms with Gasteiger partial charge in [-0.3, -0.25) is 0 Å². The molecule has 0 amide bonds. The molecule has 0 aliphatic carbocycles. The lowest BCUT2D eigenvalue weighted by Gasteiger charge is -2.07. The molecule has 19 heavy (non-hydrogen) atoms. The van der Waals surface area contributed by atoms with Gasteiger partial charge in [-0.15, -0.1) is 11.3 Å². The van der Waals surface area contributed by atoms with Crippen LogP contribution in [0.4, 0.5) is 0 Å². The summed E-state index contributed by atoms with van der Waals surface area (Å²) in [6.07, 6.45) is 1.15. The van der Waals surface area contributed by atoms with E-state index in [1.54, 1.807) is 0 Å². The molecule has 2 nitrogen and oxygen atoms in total. The molecule has 0 atom stereocenters. The molecule has 0 saturated carbocycles. The van der Waals surface area contributed by atoms with Crippen LogP contribution in [0, 0.1) is 5.92 Å². The average molecular weight is 277 g/mol. The zero-order valence-corrected chi connectivity index (χ0v) is 12.6. The van der Waals surface area contributed by atoms with Gasteiger partial charge in [-0.05, 0) is 34.7 Å². The second-order valence-electron chi connectivity index (χ2n) is 5.23. The normalized spacial score (nSPS) is 11.5. The van der Waals surface area contributed by atoms with Crippen LogP contribution in [0.1, 0.15) is 25.8 Å². The molecule has 1 heterocycles. The van der Waals surface area contributed by atoms with Crippen molar-refractivity contribution in [2.45, 2.75) is 26.8 Å². The highest BCUT2D eigenvalue weighted by Crippen LogP contribution is 2.25. The lowest BCUT2D eigenvalue weighted by molar-refractivity contribution is 0.125. The Bertz CT molecular complexity index is 492. The van der Waals surface area contributed by atoms with Crippen LogP contribution in [0.3, 0.4) is 0 Å². The Labute approximate surface area is 119 Å². The SMILES string of the molecule is CC(C)CCOCCNCc1csc2ccccc12. The number of hydrogen-bond acceptors (Lipinski definition) is 3. The Kier molecular flexibility index (Phi) is 5.83. The van der Waals surface area contributed by atoms with E-state index in [2.05, 4.69) is 48.8 Å². The van der Waals surface area contributed by atoms with Crippen molar-refractivity contribution in [3.63, 3.8) is 0 Å². The molecule has 0 aliphatic heterocycles. The minimum atomic E-state index is 0.727. The number of thiophene rings is 1. The van der Waals surface area contributed by atoms with Gasteiger partial charge in [0, 0.05) is 24.4 Å². The van der Waals surface area contributed by atoms with E-state index in [0.717, 1.165) is 38.6 Å². The molecule has 1 aromatic heterocycles. The number of rotatable bonds is 8. The minimum Gasteiger partial charge on any atom is -0.380 e. The van der Waals surface area contributed by atoms with Crippen LogP contribution in [0.2, 0.25) is 0 Å². The molecule has 104 valence electrons. The smallest absolute Gasteiger partial charge is 0.0591 e. The highest BCUT2D eigenvalue weighted by molar-refractivity contribution is 7.17. The van der Waals surface area contributed by atoms with Gasteiger partial charge in [0.25, 0.3) is 0 Å². The number of nitrogens with one attached hydrogen (secondary N) is 1. The third-order valence-corrected chi connectivity index (χ3v) is 4.15. The highest BCUT2D eigenvalue weighted by Gasteiger charge is 2.02. The average Bonchev–Trinajstić information content (AvgIpc) is 2.81. The zero-order valence-electron chi connectivity index (χ0n) is 11.8. The molecule has 0 spiro atoms. The van der Waals surface area contributed by atoms with Gasteiger partial charge in [-0.1, -0.05) is 32.0 Å². The first-order chi connectivity index (χ1) is 9.27. The van der Waals surface area contributed by atoms with Gasteiger partial charge >= 0.3 is 0 Å². The van der Waals surface area contributed by atoms with Gasteiger partial charge in [0.2, 0.25) is 0 Å². The minimum absolute atomic E-state index is 0.727. The third kappa shape index (κ3) is 4.60. The fourth-order valence-electron chi connectivity index (χ4n) is 1.96. The number of benzene rings is 1. The van der Waals surface area contributed by atoms with Gasteiger partial charge in [0.15, 0.2) is 0 Å². The molecule has 3 heteroatoms. The molecule has 0 unspecified atom stereocenters. The molecule has 0 aliphatic rings. The van der Waals surface area contributed by atoms with Crippen molar-refractivity contribution < 1.29 is 4.74 Å². The van der Waals surface area contributed by atoms with Gasteiger partial charge in [0.1, 0.15) is 0 Å². The molecule has 1 aromatic carbocycles. The standard InChI is InChI=1S/C16H23NOS/c1-13(2)7-9-18-10-8-17-11-14-12-19-16-6-4-3-5-15(14)16/h3-6,12-13,17H,7-11H2,1-2H3. The van der Waals surface area contributed by atoms with Gasteiger partial charge < -0.3 is 10.1 Å². The Morgan fingerprint density at radius 3 is 2.89 bits per heavy atom. The van der Waals surface area contributed by atoms with E-state index in [1.165, 1.54) is 15.6 Å². The summed E-state index contributed by atoms with van der Waals surface area (Å²) < 4.78 is 6.96. The van der Waals surface area contributed by atoms with Crippen LogP contribution in [-0.2, 0) is 11.3 Å². The van der Waals surface area contributed by atoms with E-state index < -0.39 is 0 Å². The maximum atomic E-state index is 5.59. The van der Waals surface area contributed by atoms with Crippen LogP contribution in [0.15, 0.2) is 29.6 Å². The lowest BCUT2D eigenvalue weighted by atomic mass is 10.1. The first-order valence-electron chi connectivity index (χ1n) is 7.01. The maximum Gasteiger partial charge on any atom is 0.0591 e. The summed E-state index contributed by atoms with van der Waals surface area (Å²) in [6.45, 7) is 7.97.